The first-order valence-corrected chi connectivity index (χ1v) is 8.52. The molecule has 1 unspecified atom stereocenters. The summed E-state index contributed by atoms with van der Waals surface area (Å²) in [4.78, 5) is 0. The summed E-state index contributed by atoms with van der Waals surface area (Å²) < 4.78 is 5.58. The van der Waals surface area contributed by atoms with Gasteiger partial charge in [-0.25, -0.2) is 0 Å². The maximum Gasteiger partial charge on any atom is 0.122 e. The van der Waals surface area contributed by atoms with Crippen molar-refractivity contribution in [3.63, 3.8) is 0 Å². The van der Waals surface area contributed by atoms with E-state index in [1.165, 1.54) is 43.2 Å². The fraction of sp³-hybridized carbons (Fsp3) is 0.684. The predicted molar refractivity (Wildman–Crippen MR) is 90.1 cm³/mol. The van der Waals surface area contributed by atoms with Crippen molar-refractivity contribution >= 4 is 0 Å². The van der Waals surface area contributed by atoms with Gasteiger partial charge in [0.25, 0.3) is 0 Å². The number of methoxy groups -OCH3 is 1. The second-order valence-electron chi connectivity index (χ2n) is 6.55. The van der Waals surface area contributed by atoms with E-state index in [1.807, 2.05) is 0 Å². The third kappa shape index (κ3) is 3.60. The summed E-state index contributed by atoms with van der Waals surface area (Å²) in [5.74, 6) is 1.03. The lowest BCUT2D eigenvalue weighted by atomic mass is 9.73. The molecule has 1 aromatic rings. The molecule has 2 heteroatoms. The molecule has 1 aliphatic carbocycles. The van der Waals surface area contributed by atoms with Crippen LogP contribution in [0.4, 0.5) is 0 Å². The van der Waals surface area contributed by atoms with Crippen molar-refractivity contribution in [3.05, 3.63) is 29.3 Å². The fourth-order valence-corrected chi connectivity index (χ4v) is 4.07. The average Bonchev–Trinajstić information content (AvgIpc) is 2.97. The molecule has 1 aliphatic rings. The van der Waals surface area contributed by atoms with Gasteiger partial charge in [0.15, 0.2) is 0 Å². The Labute approximate surface area is 130 Å². The lowest BCUT2D eigenvalue weighted by Gasteiger charge is -2.38. The minimum atomic E-state index is 0.477. The van der Waals surface area contributed by atoms with E-state index in [0.29, 0.717) is 11.5 Å². The lowest BCUT2D eigenvalue weighted by molar-refractivity contribution is 0.185. The van der Waals surface area contributed by atoms with Crippen LogP contribution >= 0.6 is 0 Å². The maximum absolute atomic E-state index is 5.58. The molecule has 0 amide bonds. The third-order valence-electron chi connectivity index (χ3n) is 5.35. The molecule has 1 saturated carbocycles. The molecule has 0 heterocycles. The van der Waals surface area contributed by atoms with E-state index < -0.39 is 0 Å². The third-order valence-corrected chi connectivity index (χ3v) is 5.35. The van der Waals surface area contributed by atoms with Crippen molar-refractivity contribution in [3.8, 4) is 5.75 Å². The molecule has 1 N–H and O–H groups in total. The van der Waals surface area contributed by atoms with E-state index >= 15 is 0 Å². The lowest BCUT2D eigenvalue weighted by Crippen LogP contribution is -2.45. The summed E-state index contributed by atoms with van der Waals surface area (Å²) in [5, 5.41) is 3.78. The minimum Gasteiger partial charge on any atom is -0.496 e. The number of rotatable bonds is 7. The topological polar surface area (TPSA) is 21.3 Å². The van der Waals surface area contributed by atoms with Gasteiger partial charge >= 0.3 is 0 Å². The summed E-state index contributed by atoms with van der Waals surface area (Å²) in [5.41, 5.74) is 3.14. The standard InChI is InChI=1S/C19H31NO/c1-5-19(11-7-8-12-19)18(20-6-2)14-16-13-15(3)9-10-17(16)21-4/h9-10,13,18,20H,5-8,11-12,14H2,1-4H3. The Balaban J connectivity index is 2.25. The molecule has 1 fully saturated rings. The van der Waals surface area contributed by atoms with E-state index in [-0.39, 0.29) is 0 Å². The van der Waals surface area contributed by atoms with Gasteiger partial charge in [0, 0.05) is 6.04 Å². The van der Waals surface area contributed by atoms with Crippen LogP contribution in [0.25, 0.3) is 0 Å². The molecule has 0 spiro atoms. The quantitative estimate of drug-likeness (QED) is 0.798. The summed E-state index contributed by atoms with van der Waals surface area (Å²) in [6, 6.07) is 7.10. The fourth-order valence-electron chi connectivity index (χ4n) is 4.07. The van der Waals surface area contributed by atoms with Crippen LogP contribution in [-0.2, 0) is 6.42 Å². The molecule has 21 heavy (non-hydrogen) atoms. The van der Waals surface area contributed by atoms with E-state index in [1.54, 1.807) is 7.11 Å². The smallest absolute Gasteiger partial charge is 0.122 e. The zero-order valence-corrected chi connectivity index (χ0v) is 14.2. The van der Waals surface area contributed by atoms with Crippen molar-refractivity contribution in [2.45, 2.75) is 65.3 Å². The van der Waals surface area contributed by atoms with Crippen LogP contribution in [0.15, 0.2) is 18.2 Å². The van der Waals surface area contributed by atoms with Gasteiger partial charge in [-0.15, -0.1) is 0 Å². The van der Waals surface area contributed by atoms with Crippen LogP contribution in [0.3, 0.4) is 0 Å². The molecule has 0 aromatic heterocycles. The molecule has 2 nitrogen and oxygen atoms in total. The van der Waals surface area contributed by atoms with Crippen LogP contribution in [0.5, 0.6) is 5.75 Å². The first-order valence-electron chi connectivity index (χ1n) is 8.52. The van der Waals surface area contributed by atoms with Gasteiger partial charge in [-0.2, -0.15) is 0 Å². The summed E-state index contributed by atoms with van der Waals surface area (Å²) in [6.07, 6.45) is 7.87. The van der Waals surface area contributed by atoms with Gasteiger partial charge in [-0.3, -0.25) is 0 Å². The van der Waals surface area contributed by atoms with Gasteiger partial charge in [-0.1, -0.05) is 44.4 Å². The normalized spacial score (nSPS) is 18.7. The number of likely N-dealkylation sites (N-methyl/N-ethyl adjacent to an activating group) is 1. The SMILES string of the molecule is CCNC(Cc1cc(C)ccc1OC)C1(CC)CCCC1. The molecule has 0 radical (unpaired) electrons. The van der Waals surface area contributed by atoms with Crippen molar-refractivity contribution in [1.82, 2.24) is 5.32 Å². The second kappa shape index (κ2) is 7.31. The van der Waals surface area contributed by atoms with Gasteiger partial charge in [-0.05, 0) is 56.2 Å². The van der Waals surface area contributed by atoms with Crippen LogP contribution in [0.2, 0.25) is 0 Å². The number of ether oxygens (including phenoxy) is 1. The molecule has 1 atom stereocenters. The first kappa shape index (κ1) is 16.4. The van der Waals surface area contributed by atoms with E-state index in [2.05, 4.69) is 44.3 Å². The molecule has 0 aliphatic heterocycles. The van der Waals surface area contributed by atoms with Crippen molar-refractivity contribution < 1.29 is 4.74 Å². The number of nitrogens with one attached hydrogen (secondary N) is 1. The monoisotopic (exact) mass is 289 g/mol. The molecule has 1 aromatic carbocycles. The zero-order valence-electron chi connectivity index (χ0n) is 14.2. The molecule has 0 saturated heterocycles. The van der Waals surface area contributed by atoms with Crippen molar-refractivity contribution in [2.24, 2.45) is 5.41 Å². The highest BCUT2D eigenvalue weighted by atomic mass is 16.5. The number of hydrogen-bond acceptors (Lipinski definition) is 2. The van der Waals surface area contributed by atoms with Crippen LogP contribution < -0.4 is 10.1 Å². The molecule has 2 rings (SSSR count). The summed E-state index contributed by atoms with van der Waals surface area (Å²) in [7, 11) is 1.78. The van der Waals surface area contributed by atoms with Gasteiger partial charge in [0.05, 0.1) is 7.11 Å². The van der Waals surface area contributed by atoms with Crippen LogP contribution in [0, 0.1) is 12.3 Å². The molecular weight excluding hydrogens is 258 g/mol. The average molecular weight is 289 g/mol. The van der Waals surface area contributed by atoms with Crippen LogP contribution in [-0.4, -0.2) is 19.7 Å². The molecular formula is C19H31NO. The van der Waals surface area contributed by atoms with Gasteiger partial charge in [0.2, 0.25) is 0 Å². The highest BCUT2D eigenvalue weighted by Crippen LogP contribution is 2.45. The zero-order chi connectivity index (χ0) is 15.3. The molecule has 0 bridgehead atoms. The number of benzene rings is 1. The Morgan fingerprint density at radius 2 is 1.95 bits per heavy atom. The Hall–Kier alpha value is -1.02. The summed E-state index contributed by atoms with van der Waals surface area (Å²) >= 11 is 0. The number of aryl methyl sites for hydroxylation is 1. The Kier molecular flexibility index (Phi) is 5.69. The van der Waals surface area contributed by atoms with E-state index in [0.717, 1.165) is 18.7 Å². The Morgan fingerprint density at radius 3 is 2.52 bits per heavy atom. The molecule has 118 valence electrons. The highest BCUT2D eigenvalue weighted by Gasteiger charge is 2.39. The van der Waals surface area contributed by atoms with Gasteiger partial charge in [0.1, 0.15) is 5.75 Å². The highest BCUT2D eigenvalue weighted by molar-refractivity contribution is 5.37. The first-order chi connectivity index (χ1) is 10.1. The van der Waals surface area contributed by atoms with Crippen LogP contribution in [0.1, 0.15) is 57.1 Å². The predicted octanol–water partition coefficient (Wildman–Crippen LogP) is 4.49. The summed E-state index contributed by atoms with van der Waals surface area (Å²) in [6.45, 7) is 7.79. The van der Waals surface area contributed by atoms with Crippen molar-refractivity contribution in [2.75, 3.05) is 13.7 Å². The Morgan fingerprint density at radius 1 is 1.24 bits per heavy atom. The minimum absolute atomic E-state index is 0.477. The van der Waals surface area contributed by atoms with Gasteiger partial charge < -0.3 is 10.1 Å². The number of hydrogen-bond donors (Lipinski definition) is 1. The maximum atomic E-state index is 5.58. The van der Waals surface area contributed by atoms with E-state index in [9.17, 15) is 0 Å². The van der Waals surface area contributed by atoms with Crippen molar-refractivity contribution in [1.29, 1.82) is 0 Å². The largest absolute Gasteiger partial charge is 0.496 e. The Bertz CT molecular complexity index is 449. The second-order valence-corrected chi connectivity index (χ2v) is 6.55. The van der Waals surface area contributed by atoms with E-state index in [4.69, 9.17) is 4.74 Å².